The molecule has 80 valence electrons. The van der Waals surface area contributed by atoms with Crippen LogP contribution in [0.15, 0.2) is 24.3 Å². The highest BCUT2D eigenvalue weighted by molar-refractivity contribution is 5.28. The van der Waals surface area contributed by atoms with Crippen molar-refractivity contribution in [2.24, 2.45) is 0 Å². The van der Waals surface area contributed by atoms with Crippen LogP contribution in [0.4, 0.5) is 0 Å². The lowest BCUT2D eigenvalue weighted by molar-refractivity contribution is 0.289. The monoisotopic (exact) mass is 204 g/mol. The van der Waals surface area contributed by atoms with E-state index in [1.54, 1.807) is 0 Å². The highest BCUT2D eigenvalue weighted by Crippen LogP contribution is 2.13. The van der Waals surface area contributed by atoms with E-state index < -0.39 is 0 Å². The van der Waals surface area contributed by atoms with Gasteiger partial charge in [-0.1, -0.05) is 31.2 Å². The van der Waals surface area contributed by atoms with Crippen LogP contribution < -0.4 is 5.32 Å². The molecular formula is C12H16N2O. The Morgan fingerprint density at radius 1 is 1.40 bits per heavy atom. The average molecular weight is 204 g/mol. The van der Waals surface area contributed by atoms with Gasteiger partial charge in [-0.15, -0.1) is 0 Å². The molecule has 0 aliphatic carbocycles. The number of aliphatic hydroxyl groups excluding tert-OH is 1. The Labute approximate surface area is 90.4 Å². The SMILES string of the molecule is CCc1ccc(C(C#N)NCCO)cc1. The first kappa shape index (κ1) is 11.7. The van der Waals surface area contributed by atoms with Gasteiger partial charge in [0, 0.05) is 6.54 Å². The van der Waals surface area contributed by atoms with Crippen LogP contribution in [0.2, 0.25) is 0 Å². The summed E-state index contributed by atoms with van der Waals surface area (Å²) in [5, 5.41) is 20.6. The van der Waals surface area contributed by atoms with E-state index >= 15 is 0 Å². The summed E-state index contributed by atoms with van der Waals surface area (Å²) < 4.78 is 0. The standard InChI is InChI=1S/C12H16N2O/c1-2-10-3-5-11(6-4-10)12(9-13)14-7-8-15/h3-6,12,14-15H,2,7-8H2,1H3. The number of benzene rings is 1. The maximum absolute atomic E-state index is 8.94. The molecule has 0 amide bonds. The quantitative estimate of drug-likeness (QED) is 0.762. The number of aryl methyl sites for hydroxylation is 1. The summed E-state index contributed by atoms with van der Waals surface area (Å²) in [6.07, 6.45) is 1.00. The number of hydrogen-bond donors (Lipinski definition) is 2. The third-order valence-corrected chi connectivity index (χ3v) is 2.31. The van der Waals surface area contributed by atoms with Crippen LogP contribution in [0.3, 0.4) is 0 Å². The molecule has 0 saturated heterocycles. The molecule has 0 fully saturated rings. The average Bonchev–Trinajstić information content (AvgIpc) is 2.31. The summed E-state index contributed by atoms with van der Waals surface area (Å²) in [5.74, 6) is 0. The van der Waals surface area contributed by atoms with Crippen LogP contribution in [-0.4, -0.2) is 18.3 Å². The first-order valence-corrected chi connectivity index (χ1v) is 5.14. The summed E-state index contributed by atoms with van der Waals surface area (Å²) in [7, 11) is 0. The van der Waals surface area contributed by atoms with Crippen molar-refractivity contribution in [1.82, 2.24) is 5.32 Å². The van der Waals surface area contributed by atoms with Crippen LogP contribution >= 0.6 is 0 Å². The van der Waals surface area contributed by atoms with Crippen LogP contribution in [0.1, 0.15) is 24.1 Å². The predicted molar refractivity (Wildman–Crippen MR) is 59.3 cm³/mol. The lowest BCUT2D eigenvalue weighted by Gasteiger charge is -2.10. The molecule has 0 heterocycles. The van der Waals surface area contributed by atoms with E-state index in [1.165, 1.54) is 5.56 Å². The van der Waals surface area contributed by atoms with E-state index in [9.17, 15) is 0 Å². The number of nitriles is 1. The molecule has 3 heteroatoms. The van der Waals surface area contributed by atoms with E-state index in [0.717, 1.165) is 12.0 Å². The second-order valence-corrected chi connectivity index (χ2v) is 3.33. The summed E-state index contributed by atoms with van der Waals surface area (Å²) in [4.78, 5) is 0. The van der Waals surface area contributed by atoms with E-state index in [0.29, 0.717) is 6.54 Å². The van der Waals surface area contributed by atoms with Gasteiger partial charge >= 0.3 is 0 Å². The molecule has 0 spiro atoms. The first-order chi connectivity index (χ1) is 7.31. The van der Waals surface area contributed by atoms with Gasteiger partial charge in [-0.2, -0.15) is 5.26 Å². The van der Waals surface area contributed by atoms with Gasteiger partial charge in [0.05, 0.1) is 12.7 Å². The zero-order valence-electron chi connectivity index (χ0n) is 8.90. The second kappa shape index (κ2) is 6.18. The Balaban J connectivity index is 2.70. The van der Waals surface area contributed by atoms with Gasteiger partial charge in [0.25, 0.3) is 0 Å². The molecule has 1 unspecified atom stereocenters. The fourth-order valence-electron chi connectivity index (χ4n) is 1.39. The van der Waals surface area contributed by atoms with Crippen LogP contribution in [0.5, 0.6) is 0 Å². The highest BCUT2D eigenvalue weighted by Gasteiger charge is 2.08. The minimum absolute atomic E-state index is 0.0468. The summed E-state index contributed by atoms with van der Waals surface area (Å²) in [6, 6.07) is 9.80. The summed E-state index contributed by atoms with van der Waals surface area (Å²) in [6.45, 7) is 2.58. The maximum atomic E-state index is 8.94. The van der Waals surface area contributed by atoms with Gasteiger partial charge in [-0.3, -0.25) is 5.32 Å². The number of nitrogens with zero attached hydrogens (tertiary/aromatic N) is 1. The normalized spacial score (nSPS) is 12.1. The number of aliphatic hydroxyl groups is 1. The second-order valence-electron chi connectivity index (χ2n) is 3.33. The van der Waals surface area contributed by atoms with Gasteiger partial charge < -0.3 is 5.11 Å². The lowest BCUT2D eigenvalue weighted by Crippen LogP contribution is -2.23. The number of nitrogens with one attached hydrogen (secondary N) is 1. The number of rotatable bonds is 5. The van der Waals surface area contributed by atoms with Crippen LogP contribution in [-0.2, 0) is 6.42 Å². The van der Waals surface area contributed by atoms with Crippen molar-refractivity contribution < 1.29 is 5.11 Å². The molecule has 1 aromatic rings. The van der Waals surface area contributed by atoms with E-state index in [4.69, 9.17) is 10.4 Å². The van der Waals surface area contributed by atoms with Crippen molar-refractivity contribution in [2.75, 3.05) is 13.2 Å². The molecule has 1 atom stereocenters. The van der Waals surface area contributed by atoms with Crippen molar-refractivity contribution in [3.63, 3.8) is 0 Å². The van der Waals surface area contributed by atoms with Crippen molar-refractivity contribution in [3.05, 3.63) is 35.4 Å². The van der Waals surface area contributed by atoms with Gasteiger partial charge in [0.1, 0.15) is 6.04 Å². The molecule has 0 radical (unpaired) electrons. The summed E-state index contributed by atoms with van der Waals surface area (Å²) >= 11 is 0. The largest absolute Gasteiger partial charge is 0.395 e. The van der Waals surface area contributed by atoms with Crippen LogP contribution in [0.25, 0.3) is 0 Å². The molecule has 1 aromatic carbocycles. The highest BCUT2D eigenvalue weighted by atomic mass is 16.3. The molecule has 1 rings (SSSR count). The topological polar surface area (TPSA) is 56.0 Å². The molecule has 0 aromatic heterocycles. The summed E-state index contributed by atoms with van der Waals surface area (Å²) in [5.41, 5.74) is 2.21. The minimum atomic E-state index is -0.331. The van der Waals surface area contributed by atoms with E-state index in [-0.39, 0.29) is 12.6 Å². The van der Waals surface area contributed by atoms with Gasteiger partial charge in [0.2, 0.25) is 0 Å². The zero-order valence-corrected chi connectivity index (χ0v) is 8.90. The number of hydrogen-bond acceptors (Lipinski definition) is 3. The van der Waals surface area contributed by atoms with Crippen LogP contribution in [0, 0.1) is 11.3 Å². The van der Waals surface area contributed by atoms with Crippen molar-refractivity contribution in [1.29, 1.82) is 5.26 Å². The Morgan fingerprint density at radius 3 is 2.53 bits per heavy atom. The Morgan fingerprint density at radius 2 is 2.07 bits per heavy atom. The Bertz CT molecular complexity index is 326. The third-order valence-electron chi connectivity index (χ3n) is 2.31. The molecule has 3 nitrogen and oxygen atoms in total. The fraction of sp³-hybridized carbons (Fsp3) is 0.417. The molecule has 0 bridgehead atoms. The molecule has 0 aliphatic rings. The molecule has 0 saturated carbocycles. The van der Waals surface area contributed by atoms with Crippen molar-refractivity contribution in [2.45, 2.75) is 19.4 Å². The molecule has 0 aliphatic heterocycles. The third kappa shape index (κ3) is 3.35. The van der Waals surface area contributed by atoms with Crippen molar-refractivity contribution in [3.8, 4) is 6.07 Å². The molecular weight excluding hydrogens is 188 g/mol. The Kier molecular flexibility index (Phi) is 4.82. The van der Waals surface area contributed by atoms with E-state index in [2.05, 4.69) is 18.3 Å². The smallest absolute Gasteiger partial charge is 0.121 e. The zero-order chi connectivity index (χ0) is 11.1. The van der Waals surface area contributed by atoms with Gasteiger partial charge in [0.15, 0.2) is 0 Å². The molecule has 15 heavy (non-hydrogen) atoms. The van der Waals surface area contributed by atoms with Gasteiger partial charge in [-0.25, -0.2) is 0 Å². The minimum Gasteiger partial charge on any atom is -0.395 e. The van der Waals surface area contributed by atoms with E-state index in [1.807, 2.05) is 24.3 Å². The fourth-order valence-corrected chi connectivity index (χ4v) is 1.39. The molecule has 2 N–H and O–H groups in total. The lowest BCUT2D eigenvalue weighted by atomic mass is 10.0. The Hall–Kier alpha value is -1.37. The van der Waals surface area contributed by atoms with Crippen molar-refractivity contribution >= 4 is 0 Å². The first-order valence-electron chi connectivity index (χ1n) is 5.14. The maximum Gasteiger partial charge on any atom is 0.121 e. The van der Waals surface area contributed by atoms with Gasteiger partial charge in [-0.05, 0) is 17.5 Å². The predicted octanol–water partition coefficient (Wildman–Crippen LogP) is 1.40.